The molecule has 1 heterocycles. The molecule has 1 heteroatoms. The van der Waals surface area contributed by atoms with Gasteiger partial charge >= 0.3 is 0 Å². The first kappa shape index (κ1) is 28.0. The molecule has 0 fully saturated rings. The van der Waals surface area contributed by atoms with Gasteiger partial charge in [0.05, 0.1) is 0 Å². The third kappa shape index (κ3) is 4.15. The Morgan fingerprint density at radius 1 is 0.388 bits per heavy atom. The van der Waals surface area contributed by atoms with Crippen LogP contribution in [0.5, 0.6) is 0 Å². The fraction of sp³-hybridized carbons (Fsp3) is 0.0625. The van der Waals surface area contributed by atoms with Crippen LogP contribution in [0, 0.1) is 0 Å². The second kappa shape index (κ2) is 10.5. The smallest absolute Gasteiger partial charge is 0.0346 e. The molecule has 0 aliphatic heterocycles. The first-order valence-electron chi connectivity index (χ1n) is 17.1. The van der Waals surface area contributed by atoms with Crippen LogP contribution in [0.3, 0.4) is 0 Å². The molecule has 0 radical (unpaired) electrons. The Bertz CT molecular complexity index is 2730. The predicted octanol–water partition coefficient (Wildman–Crippen LogP) is 13.0. The van der Waals surface area contributed by atoms with Crippen molar-refractivity contribution in [3.63, 3.8) is 0 Å². The maximum Gasteiger partial charge on any atom is 0.0346 e. The Kier molecular flexibility index (Phi) is 5.99. The van der Waals surface area contributed by atoms with Gasteiger partial charge in [-0.25, -0.2) is 0 Å². The first-order chi connectivity index (χ1) is 24.1. The monoisotopic (exact) mass is 623 g/mol. The van der Waals surface area contributed by atoms with Gasteiger partial charge in [0.2, 0.25) is 0 Å². The molecule has 0 amide bonds. The fourth-order valence-electron chi connectivity index (χ4n) is 8.55. The summed E-state index contributed by atoms with van der Waals surface area (Å²) in [5.74, 6) is 0. The van der Waals surface area contributed by atoms with E-state index >= 15 is 0 Å². The summed E-state index contributed by atoms with van der Waals surface area (Å²) in [5.41, 5.74) is 12.9. The molecule has 0 spiro atoms. The van der Waals surface area contributed by atoms with Crippen LogP contribution in [0.1, 0.15) is 25.0 Å². The minimum Gasteiger partial charge on any atom is -0.264 e. The summed E-state index contributed by atoms with van der Waals surface area (Å²) in [6.07, 6.45) is 3.82. The van der Waals surface area contributed by atoms with E-state index in [0.29, 0.717) is 0 Å². The zero-order chi connectivity index (χ0) is 32.7. The number of hydrogen-bond acceptors (Lipinski definition) is 1. The van der Waals surface area contributed by atoms with E-state index in [0.717, 1.165) is 5.56 Å². The van der Waals surface area contributed by atoms with Gasteiger partial charge < -0.3 is 0 Å². The second-order valence-electron chi connectivity index (χ2n) is 14.0. The number of rotatable bonds is 3. The van der Waals surface area contributed by atoms with E-state index in [1.807, 2.05) is 18.5 Å². The summed E-state index contributed by atoms with van der Waals surface area (Å²) in [6.45, 7) is 4.72. The number of nitrogens with zero attached hydrogens (tertiary/aromatic N) is 1. The minimum absolute atomic E-state index is 0.0302. The summed E-state index contributed by atoms with van der Waals surface area (Å²) < 4.78 is 0. The average Bonchev–Trinajstić information content (AvgIpc) is 3.39. The van der Waals surface area contributed by atoms with Gasteiger partial charge in [0.15, 0.2) is 0 Å². The van der Waals surface area contributed by atoms with Gasteiger partial charge in [-0.3, -0.25) is 4.98 Å². The molecular formula is C48H33N. The molecule has 0 N–H and O–H groups in total. The van der Waals surface area contributed by atoms with Gasteiger partial charge in [0, 0.05) is 23.4 Å². The van der Waals surface area contributed by atoms with Crippen LogP contribution in [0.4, 0.5) is 0 Å². The Morgan fingerprint density at radius 3 is 1.59 bits per heavy atom. The van der Waals surface area contributed by atoms with Crippen LogP contribution in [0.2, 0.25) is 0 Å². The van der Waals surface area contributed by atoms with Crippen molar-refractivity contribution in [1.29, 1.82) is 0 Å². The van der Waals surface area contributed by atoms with E-state index < -0.39 is 0 Å². The lowest BCUT2D eigenvalue weighted by atomic mass is 9.82. The van der Waals surface area contributed by atoms with Gasteiger partial charge in [-0.1, -0.05) is 141 Å². The van der Waals surface area contributed by atoms with E-state index in [4.69, 9.17) is 0 Å². The van der Waals surface area contributed by atoms with Gasteiger partial charge in [-0.05, 0) is 117 Å². The van der Waals surface area contributed by atoms with Crippen molar-refractivity contribution < 1.29 is 0 Å². The van der Waals surface area contributed by atoms with Crippen LogP contribution in [0.25, 0.3) is 87.6 Å². The lowest BCUT2D eigenvalue weighted by Gasteiger charge is -2.21. The zero-order valence-electron chi connectivity index (χ0n) is 27.5. The summed E-state index contributed by atoms with van der Waals surface area (Å²) in [7, 11) is 0. The topological polar surface area (TPSA) is 12.9 Å². The van der Waals surface area contributed by atoms with Crippen molar-refractivity contribution in [2.24, 2.45) is 0 Å². The Balaban J connectivity index is 1.12. The van der Waals surface area contributed by atoms with E-state index in [1.165, 1.54) is 93.2 Å². The minimum atomic E-state index is -0.0302. The number of hydrogen-bond donors (Lipinski definition) is 0. The van der Waals surface area contributed by atoms with Crippen molar-refractivity contribution in [2.75, 3.05) is 0 Å². The van der Waals surface area contributed by atoms with Gasteiger partial charge in [-0.15, -0.1) is 0 Å². The predicted molar refractivity (Wildman–Crippen MR) is 208 cm³/mol. The van der Waals surface area contributed by atoms with Crippen molar-refractivity contribution in [1.82, 2.24) is 4.98 Å². The Hall–Kier alpha value is -6.05. The zero-order valence-corrected chi connectivity index (χ0v) is 27.5. The highest BCUT2D eigenvalue weighted by Gasteiger charge is 2.36. The van der Waals surface area contributed by atoms with Crippen LogP contribution >= 0.6 is 0 Å². The molecule has 1 aromatic heterocycles. The first-order valence-corrected chi connectivity index (χ1v) is 17.1. The van der Waals surface area contributed by atoms with Crippen LogP contribution < -0.4 is 0 Å². The summed E-state index contributed by atoms with van der Waals surface area (Å²) in [5, 5.41) is 10.1. The molecular weight excluding hydrogens is 591 g/mol. The van der Waals surface area contributed by atoms with Crippen molar-refractivity contribution in [3.8, 4) is 44.5 Å². The Labute approximate surface area is 286 Å². The third-order valence-electron chi connectivity index (χ3n) is 10.9. The molecule has 10 rings (SSSR count). The molecule has 8 aromatic carbocycles. The second-order valence-corrected chi connectivity index (χ2v) is 14.0. The highest BCUT2D eigenvalue weighted by atomic mass is 14.6. The number of benzene rings is 8. The van der Waals surface area contributed by atoms with E-state index in [9.17, 15) is 0 Å². The van der Waals surface area contributed by atoms with Crippen LogP contribution in [-0.4, -0.2) is 4.98 Å². The molecule has 0 saturated carbocycles. The van der Waals surface area contributed by atoms with E-state index in [-0.39, 0.29) is 5.41 Å². The summed E-state index contributed by atoms with van der Waals surface area (Å²) in [4.78, 5) is 4.46. The largest absolute Gasteiger partial charge is 0.264 e. The van der Waals surface area contributed by atoms with Crippen molar-refractivity contribution in [2.45, 2.75) is 19.3 Å². The van der Waals surface area contributed by atoms with Gasteiger partial charge in [0.25, 0.3) is 0 Å². The standard InChI is InChI=1S/C48H33N/c1-48(2)43-23-22-34(28-42(43)47-37-12-4-3-10-30(37)21-24-44(47)48)32-17-18-33-27-35(20-19-31(33)26-32)45-38-13-5-7-15-40(38)46(36-11-9-25-49-29-36)41-16-8-6-14-39(41)45/h3-29H,1-2H3. The summed E-state index contributed by atoms with van der Waals surface area (Å²) >= 11 is 0. The molecule has 9 aromatic rings. The van der Waals surface area contributed by atoms with Crippen LogP contribution in [0.15, 0.2) is 164 Å². The lowest BCUT2D eigenvalue weighted by molar-refractivity contribution is 0.661. The van der Waals surface area contributed by atoms with Gasteiger partial charge in [0.1, 0.15) is 0 Å². The molecule has 230 valence electrons. The fourth-order valence-corrected chi connectivity index (χ4v) is 8.55. The molecule has 1 aliphatic rings. The van der Waals surface area contributed by atoms with Crippen LogP contribution in [-0.2, 0) is 5.41 Å². The van der Waals surface area contributed by atoms with Gasteiger partial charge in [-0.2, -0.15) is 0 Å². The molecule has 1 aliphatic carbocycles. The van der Waals surface area contributed by atoms with E-state index in [2.05, 4.69) is 164 Å². The lowest BCUT2D eigenvalue weighted by Crippen LogP contribution is -2.14. The highest BCUT2D eigenvalue weighted by Crippen LogP contribution is 2.52. The third-order valence-corrected chi connectivity index (χ3v) is 10.9. The van der Waals surface area contributed by atoms with E-state index in [1.54, 1.807) is 0 Å². The molecule has 0 saturated heterocycles. The van der Waals surface area contributed by atoms with Crippen molar-refractivity contribution >= 4 is 43.1 Å². The van der Waals surface area contributed by atoms with Crippen molar-refractivity contribution in [3.05, 3.63) is 175 Å². The molecule has 1 nitrogen and oxygen atoms in total. The molecule has 0 atom stereocenters. The Morgan fingerprint density at radius 2 is 0.918 bits per heavy atom. The maximum atomic E-state index is 4.46. The number of pyridine rings is 1. The number of aromatic nitrogens is 1. The average molecular weight is 624 g/mol. The normalized spacial score (nSPS) is 13.3. The summed E-state index contributed by atoms with van der Waals surface area (Å²) in [6, 6.07) is 56.2. The quantitative estimate of drug-likeness (QED) is 0.178. The number of fused-ring (bicyclic) bond motifs is 8. The highest BCUT2D eigenvalue weighted by molar-refractivity contribution is 6.21. The molecule has 0 unspecified atom stereocenters. The molecule has 49 heavy (non-hydrogen) atoms. The SMILES string of the molecule is CC1(C)c2ccc(-c3ccc4cc(-c5c6ccccc6c(-c6cccnc6)c6ccccc56)ccc4c3)cc2-c2c1ccc1ccccc21. The maximum absolute atomic E-state index is 4.46. The molecule has 0 bridgehead atoms.